The summed E-state index contributed by atoms with van der Waals surface area (Å²) in [5, 5.41) is 9.85. The molecule has 1 heterocycles. The summed E-state index contributed by atoms with van der Waals surface area (Å²) in [6.45, 7) is 0.212. The summed E-state index contributed by atoms with van der Waals surface area (Å²) in [5.41, 5.74) is 0. The second-order valence-corrected chi connectivity index (χ2v) is 2.98. The molecule has 0 radical (unpaired) electrons. The third-order valence-electron chi connectivity index (χ3n) is 1.46. The monoisotopic (exact) mass is 145 g/mol. The van der Waals surface area contributed by atoms with E-state index in [0.29, 0.717) is 0 Å². The third-order valence-corrected chi connectivity index (χ3v) is 2.25. The summed E-state index contributed by atoms with van der Waals surface area (Å²) in [5.74, 6) is 0. The highest BCUT2D eigenvalue weighted by Gasteiger charge is 2.14. The summed E-state index contributed by atoms with van der Waals surface area (Å²) in [4.78, 5) is 4.25. The first kappa shape index (κ1) is 7.09. The summed E-state index contributed by atoms with van der Waals surface area (Å²) >= 11 is 1.69. The fraction of sp³-hybridized carbons (Fsp3) is 0.833. The predicted molar refractivity (Wildman–Crippen MR) is 41.1 cm³/mol. The first-order valence-corrected chi connectivity index (χ1v) is 4.31. The van der Waals surface area contributed by atoms with Crippen LogP contribution in [0.15, 0.2) is 4.99 Å². The van der Waals surface area contributed by atoms with E-state index >= 15 is 0 Å². The van der Waals surface area contributed by atoms with E-state index < -0.39 is 0 Å². The molecule has 0 saturated heterocycles. The quantitative estimate of drug-likeness (QED) is 0.594. The Morgan fingerprint density at radius 2 is 2.67 bits per heavy atom. The molecule has 3 heteroatoms. The third kappa shape index (κ3) is 1.69. The van der Waals surface area contributed by atoms with Gasteiger partial charge in [0.15, 0.2) is 0 Å². The van der Waals surface area contributed by atoms with Crippen molar-refractivity contribution >= 4 is 16.8 Å². The van der Waals surface area contributed by atoms with Crippen LogP contribution in [0.3, 0.4) is 0 Å². The molecule has 0 fully saturated rings. The first-order chi connectivity index (χ1) is 4.36. The van der Waals surface area contributed by atoms with Gasteiger partial charge in [0.1, 0.15) is 0 Å². The highest BCUT2D eigenvalue weighted by Crippen LogP contribution is 2.18. The average molecular weight is 145 g/mol. The highest BCUT2D eigenvalue weighted by atomic mass is 32.2. The van der Waals surface area contributed by atoms with Crippen LogP contribution in [0.1, 0.15) is 12.8 Å². The van der Waals surface area contributed by atoms with Crippen molar-refractivity contribution in [2.75, 3.05) is 12.9 Å². The number of hydrogen-bond donors (Lipinski definition) is 1. The molecule has 1 unspecified atom stereocenters. The van der Waals surface area contributed by atoms with Gasteiger partial charge in [-0.25, -0.2) is 0 Å². The molecular formula is C6H11NOS. The molecule has 2 nitrogen and oxygen atoms in total. The Morgan fingerprint density at radius 3 is 3.00 bits per heavy atom. The molecule has 0 spiro atoms. The van der Waals surface area contributed by atoms with E-state index in [1.807, 2.05) is 6.26 Å². The average Bonchev–Trinajstić information content (AvgIpc) is 2.34. The molecule has 0 bridgehead atoms. The van der Waals surface area contributed by atoms with Crippen LogP contribution >= 0.6 is 11.8 Å². The summed E-state index contributed by atoms with van der Waals surface area (Å²) in [6, 6.07) is 0.201. The van der Waals surface area contributed by atoms with E-state index in [-0.39, 0.29) is 12.6 Å². The lowest BCUT2D eigenvalue weighted by Crippen LogP contribution is -2.03. The van der Waals surface area contributed by atoms with Crippen LogP contribution in [0.25, 0.3) is 0 Å². The number of aliphatic hydroxyl groups excluding tert-OH is 1. The van der Waals surface area contributed by atoms with E-state index in [1.165, 1.54) is 5.04 Å². The van der Waals surface area contributed by atoms with Crippen molar-refractivity contribution in [2.45, 2.75) is 18.9 Å². The van der Waals surface area contributed by atoms with Crippen LogP contribution in [0, 0.1) is 0 Å². The zero-order valence-electron chi connectivity index (χ0n) is 5.50. The van der Waals surface area contributed by atoms with Crippen LogP contribution in [-0.4, -0.2) is 29.1 Å². The summed E-state index contributed by atoms with van der Waals surface area (Å²) < 4.78 is 0. The van der Waals surface area contributed by atoms with Gasteiger partial charge in [-0.2, -0.15) is 0 Å². The molecular weight excluding hydrogens is 134 g/mol. The Kier molecular flexibility index (Phi) is 2.54. The molecule has 1 aliphatic heterocycles. The zero-order valence-corrected chi connectivity index (χ0v) is 6.32. The minimum Gasteiger partial charge on any atom is -0.394 e. The molecule has 0 amide bonds. The number of aliphatic hydroxyl groups is 1. The van der Waals surface area contributed by atoms with Gasteiger partial charge in [0.25, 0.3) is 0 Å². The Labute approximate surface area is 59.4 Å². The first-order valence-electron chi connectivity index (χ1n) is 3.08. The van der Waals surface area contributed by atoms with Gasteiger partial charge in [-0.15, -0.1) is 11.8 Å². The Hall–Kier alpha value is -0.0200. The van der Waals surface area contributed by atoms with Crippen molar-refractivity contribution in [1.82, 2.24) is 0 Å². The lowest BCUT2D eigenvalue weighted by atomic mass is 10.2. The normalized spacial score (nSPS) is 26.4. The van der Waals surface area contributed by atoms with Crippen LogP contribution < -0.4 is 0 Å². The Morgan fingerprint density at radius 1 is 1.89 bits per heavy atom. The van der Waals surface area contributed by atoms with E-state index in [1.54, 1.807) is 11.8 Å². The van der Waals surface area contributed by atoms with Crippen LogP contribution in [-0.2, 0) is 0 Å². The number of nitrogens with zero attached hydrogens (tertiary/aromatic N) is 1. The lowest BCUT2D eigenvalue weighted by molar-refractivity contribution is 0.267. The SMILES string of the molecule is CSC1=NC(CO)CC1. The smallest absolute Gasteiger partial charge is 0.0743 e. The molecule has 0 aromatic carbocycles. The highest BCUT2D eigenvalue weighted by molar-refractivity contribution is 8.13. The van der Waals surface area contributed by atoms with Gasteiger partial charge in [0, 0.05) is 0 Å². The second-order valence-electron chi connectivity index (χ2n) is 2.10. The number of rotatable bonds is 1. The number of thioether (sulfide) groups is 1. The van der Waals surface area contributed by atoms with Crippen molar-refractivity contribution in [2.24, 2.45) is 4.99 Å². The van der Waals surface area contributed by atoms with Gasteiger partial charge in [-0.05, 0) is 19.1 Å². The Bertz CT molecular complexity index is 124. The summed E-state index contributed by atoms with van der Waals surface area (Å²) in [6.07, 6.45) is 4.12. The maximum atomic E-state index is 8.66. The zero-order chi connectivity index (χ0) is 6.69. The van der Waals surface area contributed by atoms with Gasteiger partial charge in [-0.3, -0.25) is 4.99 Å². The van der Waals surface area contributed by atoms with E-state index in [0.717, 1.165) is 12.8 Å². The molecule has 1 rings (SSSR count). The van der Waals surface area contributed by atoms with Gasteiger partial charge in [0.2, 0.25) is 0 Å². The van der Waals surface area contributed by atoms with Gasteiger partial charge < -0.3 is 5.11 Å². The van der Waals surface area contributed by atoms with Gasteiger partial charge in [-0.1, -0.05) is 0 Å². The molecule has 1 aliphatic rings. The molecule has 52 valence electrons. The van der Waals surface area contributed by atoms with Crippen LogP contribution in [0.5, 0.6) is 0 Å². The minimum atomic E-state index is 0.201. The fourth-order valence-electron chi connectivity index (χ4n) is 0.910. The maximum absolute atomic E-state index is 8.66. The van der Waals surface area contributed by atoms with Crippen molar-refractivity contribution in [3.8, 4) is 0 Å². The van der Waals surface area contributed by atoms with Gasteiger partial charge >= 0.3 is 0 Å². The lowest BCUT2D eigenvalue weighted by Gasteiger charge is -1.96. The van der Waals surface area contributed by atoms with Crippen molar-refractivity contribution in [3.63, 3.8) is 0 Å². The van der Waals surface area contributed by atoms with Gasteiger partial charge in [0.05, 0.1) is 17.7 Å². The molecule has 0 saturated carbocycles. The fourth-order valence-corrected chi connectivity index (χ4v) is 1.49. The molecule has 1 atom stereocenters. The molecule has 1 N–H and O–H groups in total. The number of hydrogen-bond acceptors (Lipinski definition) is 3. The molecule has 0 aromatic heterocycles. The van der Waals surface area contributed by atoms with Crippen molar-refractivity contribution in [1.29, 1.82) is 0 Å². The van der Waals surface area contributed by atoms with Crippen molar-refractivity contribution < 1.29 is 5.11 Å². The van der Waals surface area contributed by atoms with Crippen LogP contribution in [0.4, 0.5) is 0 Å². The predicted octanol–water partition coefficient (Wildman–Crippen LogP) is 0.903. The summed E-state index contributed by atoms with van der Waals surface area (Å²) in [7, 11) is 0. The Balaban J connectivity index is 2.40. The molecule has 9 heavy (non-hydrogen) atoms. The maximum Gasteiger partial charge on any atom is 0.0743 e. The standard InChI is InChI=1S/C6H11NOS/c1-9-6-3-2-5(4-8)7-6/h5,8H,2-4H2,1H3. The number of aliphatic imine (C=N–C) groups is 1. The minimum absolute atomic E-state index is 0.201. The molecule has 0 aliphatic carbocycles. The topological polar surface area (TPSA) is 32.6 Å². The van der Waals surface area contributed by atoms with E-state index in [9.17, 15) is 0 Å². The second kappa shape index (κ2) is 3.22. The van der Waals surface area contributed by atoms with E-state index in [2.05, 4.69) is 4.99 Å². The van der Waals surface area contributed by atoms with Crippen molar-refractivity contribution in [3.05, 3.63) is 0 Å². The largest absolute Gasteiger partial charge is 0.394 e. The van der Waals surface area contributed by atoms with E-state index in [4.69, 9.17) is 5.11 Å². The molecule has 0 aromatic rings. The van der Waals surface area contributed by atoms with Crippen LogP contribution in [0.2, 0.25) is 0 Å².